The van der Waals surface area contributed by atoms with Gasteiger partial charge >= 0.3 is 0 Å². The van der Waals surface area contributed by atoms with Gasteiger partial charge in [0.15, 0.2) is 5.69 Å². The van der Waals surface area contributed by atoms with Crippen LogP contribution in [-0.2, 0) is 15.6 Å². The second-order valence-corrected chi connectivity index (χ2v) is 9.55. The van der Waals surface area contributed by atoms with Crippen LogP contribution in [0.5, 0.6) is 0 Å². The highest BCUT2D eigenvalue weighted by Crippen LogP contribution is 2.24. The third-order valence-electron chi connectivity index (χ3n) is 4.21. The molecule has 0 fully saturated rings. The SMILES string of the molecule is Cc1ccc(S(=O)(=O)NC(=O)c2cc(C(C)C)n(C(C)(C)C)n2)cc1C. The summed E-state index contributed by atoms with van der Waals surface area (Å²) in [5, 5.41) is 4.35. The second-order valence-electron chi connectivity index (χ2n) is 7.87. The predicted octanol–water partition coefficient (Wildman–Crippen LogP) is 3.50. The van der Waals surface area contributed by atoms with Gasteiger partial charge in [0.25, 0.3) is 15.9 Å². The van der Waals surface area contributed by atoms with Crippen molar-refractivity contribution >= 4 is 15.9 Å². The monoisotopic (exact) mass is 377 g/mol. The van der Waals surface area contributed by atoms with Crippen LogP contribution in [0.4, 0.5) is 0 Å². The van der Waals surface area contributed by atoms with Crippen LogP contribution >= 0.6 is 0 Å². The number of amides is 1. The summed E-state index contributed by atoms with van der Waals surface area (Å²) in [6, 6.07) is 6.42. The fraction of sp³-hybridized carbons (Fsp3) is 0.474. The maximum atomic E-state index is 12.5. The Kier molecular flexibility index (Phi) is 5.33. The number of benzene rings is 1. The highest BCUT2D eigenvalue weighted by Gasteiger charge is 2.26. The van der Waals surface area contributed by atoms with Gasteiger partial charge in [-0.25, -0.2) is 13.1 Å². The lowest BCUT2D eigenvalue weighted by Gasteiger charge is -2.23. The molecule has 1 N–H and O–H groups in total. The Balaban J connectivity index is 2.36. The average Bonchev–Trinajstić information content (AvgIpc) is 2.95. The molecular weight excluding hydrogens is 350 g/mol. The van der Waals surface area contributed by atoms with Crippen molar-refractivity contribution in [2.24, 2.45) is 0 Å². The van der Waals surface area contributed by atoms with Crippen LogP contribution in [-0.4, -0.2) is 24.1 Å². The molecular formula is C19H27N3O3S. The zero-order valence-corrected chi connectivity index (χ0v) is 17.2. The van der Waals surface area contributed by atoms with E-state index in [1.165, 1.54) is 6.07 Å². The maximum Gasteiger partial charge on any atom is 0.285 e. The van der Waals surface area contributed by atoms with Crippen LogP contribution < -0.4 is 4.72 Å². The molecule has 1 amide bonds. The molecule has 2 rings (SSSR count). The Hall–Kier alpha value is -2.15. The first kappa shape index (κ1) is 20.2. The molecule has 0 spiro atoms. The summed E-state index contributed by atoms with van der Waals surface area (Å²) in [6.45, 7) is 13.7. The molecule has 0 saturated carbocycles. The average molecular weight is 378 g/mol. The highest BCUT2D eigenvalue weighted by molar-refractivity contribution is 7.90. The molecule has 0 aliphatic rings. The van der Waals surface area contributed by atoms with Crippen molar-refractivity contribution in [2.75, 3.05) is 0 Å². The predicted molar refractivity (Wildman–Crippen MR) is 102 cm³/mol. The van der Waals surface area contributed by atoms with Gasteiger partial charge in [-0.05, 0) is 69.9 Å². The van der Waals surface area contributed by atoms with Crippen molar-refractivity contribution in [3.05, 3.63) is 46.8 Å². The van der Waals surface area contributed by atoms with Crippen molar-refractivity contribution < 1.29 is 13.2 Å². The molecule has 1 heterocycles. The van der Waals surface area contributed by atoms with Gasteiger partial charge in [0.2, 0.25) is 0 Å². The molecule has 0 aliphatic heterocycles. The van der Waals surface area contributed by atoms with Crippen LogP contribution in [0, 0.1) is 13.8 Å². The smallest absolute Gasteiger partial charge is 0.266 e. The number of carbonyl (C=O) groups excluding carboxylic acids is 1. The van der Waals surface area contributed by atoms with Gasteiger partial charge in [-0.1, -0.05) is 19.9 Å². The van der Waals surface area contributed by atoms with E-state index in [9.17, 15) is 13.2 Å². The minimum Gasteiger partial charge on any atom is -0.266 e. The molecule has 1 aromatic carbocycles. The van der Waals surface area contributed by atoms with E-state index >= 15 is 0 Å². The molecule has 0 atom stereocenters. The Morgan fingerprint density at radius 2 is 1.73 bits per heavy atom. The number of aryl methyl sites for hydroxylation is 2. The van der Waals surface area contributed by atoms with E-state index in [0.717, 1.165) is 16.8 Å². The molecule has 0 aliphatic carbocycles. The Morgan fingerprint density at radius 1 is 1.12 bits per heavy atom. The fourth-order valence-corrected chi connectivity index (χ4v) is 3.61. The highest BCUT2D eigenvalue weighted by atomic mass is 32.2. The summed E-state index contributed by atoms with van der Waals surface area (Å²) >= 11 is 0. The summed E-state index contributed by atoms with van der Waals surface area (Å²) in [5.41, 5.74) is 2.49. The molecule has 142 valence electrons. The normalized spacial score (nSPS) is 12.5. The van der Waals surface area contributed by atoms with Gasteiger partial charge in [-0.3, -0.25) is 9.48 Å². The van der Waals surface area contributed by atoms with Crippen LogP contribution in [0.25, 0.3) is 0 Å². The molecule has 2 aromatic rings. The first-order valence-corrected chi connectivity index (χ1v) is 10.1. The van der Waals surface area contributed by atoms with E-state index in [4.69, 9.17) is 0 Å². The number of aromatic nitrogens is 2. The molecule has 0 radical (unpaired) electrons. The van der Waals surface area contributed by atoms with Gasteiger partial charge in [0.05, 0.1) is 10.4 Å². The molecule has 0 unspecified atom stereocenters. The van der Waals surface area contributed by atoms with Crippen LogP contribution in [0.15, 0.2) is 29.2 Å². The van der Waals surface area contributed by atoms with Crippen LogP contribution in [0.3, 0.4) is 0 Å². The van der Waals surface area contributed by atoms with Crippen molar-refractivity contribution in [2.45, 2.75) is 64.8 Å². The van der Waals surface area contributed by atoms with Gasteiger partial charge in [0.1, 0.15) is 0 Å². The molecule has 6 nitrogen and oxygen atoms in total. The third kappa shape index (κ3) is 4.15. The standard InChI is InChI=1S/C19H27N3O3S/c1-12(2)17-11-16(20-22(17)19(5,6)7)18(23)21-26(24,25)15-9-8-13(3)14(4)10-15/h8-12H,1-7H3,(H,21,23). The quantitative estimate of drug-likeness (QED) is 0.884. The Bertz CT molecular complexity index is 935. The summed E-state index contributed by atoms with van der Waals surface area (Å²) in [4.78, 5) is 12.6. The number of rotatable bonds is 4. The first-order chi connectivity index (χ1) is 11.8. The van der Waals surface area contributed by atoms with Crippen molar-refractivity contribution in [3.8, 4) is 0 Å². The molecule has 0 saturated heterocycles. The fourth-order valence-electron chi connectivity index (χ4n) is 2.57. The van der Waals surface area contributed by atoms with Gasteiger partial charge in [-0.15, -0.1) is 0 Å². The molecule has 1 aromatic heterocycles. The van der Waals surface area contributed by atoms with Crippen molar-refractivity contribution in [1.29, 1.82) is 0 Å². The molecule has 26 heavy (non-hydrogen) atoms. The van der Waals surface area contributed by atoms with E-state index < -0.39 is 15.9 Å². The summed E-state index contributed by atoms with van der Waals surface area (Å²) < 4.78 is 29.0. The van der Waals surface area contributed by atoms with E-state index in [-0.39, 0.29) is 22.0 Å². The number of hydrogen-bond acceptors (Lipinski definition) is 4. The maximum absolute atomic E-state index is 12.5. The summed E-state index contributed by atoms with van der Waals surface area (Å²) in [6.07, 6.45) is 0. The zero-order chi connectivity index (χ0) is 19.9. The molecule has 7 heteroatoms. The second kappa shape index (κ2) is 6.87. The summed E-state index contributed by atoms with van der Waals surface area (Å²) in [7, 11) is -3.96. The Morgan fingerprint density at radius 3 is 2.19 bits per heavy atom. The van der Waals surface area contributed by atoms with E-state index in [2.05, 4.69) is 9.82 Å². The van der Waals surface area contributed by atoms with E-state index in [1.54, 1.807) is 22.9 Å². The lowest BCUT2D eigenvalue weighted by molar-refractivity contribution is 0.0975. The van der Waals surface area contributed by atoms with E-state index in [0.29, 0.717) is 0 Å². The number of nitrogens with one attached hydrogen (secondary N) is 1. The Labute approximate surface area is 155 Å². The minimum absolute atomic E-state index is 0.0632. The third-order valence-corrected chi connectivity index (χ3v) is 5.54. The lowest BCUT2D eigenvalue weighted by atomic mass is 10.1. The van der Waals surface area contributed by atoms with Crippen LogP contribution in [0.1, 0.15) is 67.8 Å². The van der Waals surface area contributed by atoms with Crippen molar-refractivity contribution in [3.63, 3.8) is 0 Å². The largest absolute Gasteiger partial charge is 0.285 e. The number of hydrogen-bond donors (Lipinski definition) is 1. The number of sulfonamides is 1. The zero-order valence-electron chi connectivity index (χ0n) is 16.4. The van der Waals surface area contributed by atoms with Crippen LogP contribution in [0.2, 0.25) is 0 Å². The van der Waals surface area contributed by atoms with E-state index in [1.807, 2.05) is 48.5 Å². The van der Waals surface area contributed by atoms with Crippen molar-refractivity contribution in [1.82, 2.24) is 14.5 Å². The molecule has 0 bridgehead atoms. The lowest BCUT2D eigenvalue weighted by Crippen LogP contribution is -2.31. The summed E-state index contributed by atoms with van der Waals surface area (Å²) in [5.74, 6) is -0.576. The van der Waals surface area contributed by atoms with Gasteiger partial charge in [-0.2, -0.15) is 5.10 Å². The minimum atomic E-state index is -3.96. The van der Waals surface area contributed by atoms with Gasteiger partial charge in [0, 0.05) is 5.69 Å². The topological polar surface area (TPSA) is 81.1 Å². The number of carbonyl (C=O) groups is 1. The van der Waals surface area contributed by atoms with Gasteiger partial charge < -0.3 is 0 Å². The number of nitrogens with zero attached hydrogens (tertiary/aromatic N) is 2. The first-order valence-electron chi connectivity index (χ1n) is 8.58.